The summed E-state index contributed by atoms with van der Waals surface area (Å²) in [6, 6.07) is 6.83. The summed E-state index contributed by atoms with van der Waals surface area (Å²) >= 11 is 0. The third kappa shape index (κ3) is 3.00. The summed E-state index contributed by atoms with van der Waals surface area (Å²) in [5.74, 6) is 2.07. The first-order valence-corrected chi connectivity index (χ1v) is 8.75. The minimum absolute atomic E-state index is 0.150. The molecule has 0 bridgehead atoms. The molecular weight excluding hydrogens is 346 g/mol. The number of methoxy groups -OCH3 is 2. The molecule has 2 aromatic rings. The van der Waals surface area contributed by atoms with E-state index in [9.17, 15) is 4.79 Å². The number of rotatable bonds is 5. The summed E-state index contributed by atoms with van der Waals surface area (Å²) in [6.45, 7) is -1.76. The monoisotopic (exact) mass is 372 g/mol. The van der Waals surface area contributed by atoms with E-state index >= 15 is 0 Å². The van der Waals surface area contributed by atoms with Gasteiger partial charge >= 0.3 is 0 Å². The van der Waals surface area contributed by atoms with Crippen LogP contribution in [0.25, 0.3) is 0 Å². The lowest BCUT2D eigenvalue weighted by atomic mass is 9.87. The number of carbonyl (C=O) groups excluding carboxylic acids is 1. The summed E-state index contributed by atoms with van der Waals surface area (Å²) in [4.78, 5) is 13.4. The lowest BCUT2D eigenvalue weighted by Crippen LogP contribution is -2.33. The van der Waals surface area contributed by atoms with Crippen molar-refractivity contribution in [3.63, 3.8) is 0 Å². The molecule has 0 amide bonds. The van der Waals surface area contributed by atoms with Crippen LogP contribution in [0.5, 0.6) is 23.0 Å². The molecule has 142 valence electrons. The predicted molar refractivity (Wildman–Crippen MR) is 100 cm³/mol. The van der Waals surface area contributed by atoms with Crippen LogP contribution in [0.15, 0.2) is 24.3 Å². The first kappa shape index (κ1) is 14.3. The largest absolute Gasteiger partial charge is 0.493 e. The van der Waals surface area contributed by atoms with E-state index < -0.39 is 13.0 Å². The standard InChI is InChI=1S/C21H23NO5/c1-22-7-6-14-9-19-20(27-12-26-19)10-15(14)17(22)8-13-4-5-18(24-2)21(25-3)16(13)11-23/h4-5,9-11,17H,6-8,12H2,1-3H3/t17-/m0/s1/i1D3. The van der Waals surface area contributed by atoms with Crippen LogP contribution >= 0.6 is 0 Å². The van der Waals surface area contributed by atoms with Crippen LogP contribution in [0.2, 0.25) is 0 Å². The molecule has 2 aromatic carbocycles. The van der Waals surface area contributed by atoms with Crippen LogP contribution < -0.4 is 18.9 Å². The van der Waals surface area contributed by atoms with E-state index in [1.165, 1.54) is 19.1 Å². The van der Waals surface area contributed by atoms with Gasteiger partial charge in [0.25, 0.3) is 0 Å². The molecule has 0 saturated carbocycles. The molecule has 0 saturated heterocycles. The molecule has 0 unspecified atom stereocenters. The molecule has 0 N–H and O–H groups in total. The Kier molecular flexibility index (Phi) is 3.78. The van der Waals surface area contributed by atoms with Gasteiger partial charge in [0.05, 0.1) is 19.8 Å². The van der Waals surface area contributed by atoms with Crippen LogP contribution in [0.3, 0.4) is 0 Å². The van der Waals surface area contributed by atoms with Gasteiger partial charge in [0, 0.05) is 16.7 Å². The van der Waals surface area contributed by atoms with E-state index in [2.05, 4.69) is 0 Å². The molecule has 0 spiro atoms. The SMILES string of the molecule is [2H]C([2H])([2H])N1CCc2cc3c(cc2[C@@H]1Cc1ccc(OC)c(OC)c1C=O)OCO3. The summed E-state index contributed by atoms with van der Waals surface area (Å²) in [7, 11) is 2.97. The Morgan fingerprint density at radius 1 is 1.26 bits per heavy atom. The topological polar surface area (TPSA) is 57.2 Å². The molecule has 1 atom stereocenters. The molecule has 0 aliphatic carbocycles. The first-order chi connectivity index (χ1) is 14.4. The second-order valence-corrected chi connectivity index (χ2v) is 6.56. The van der Waals surface area contributed by atoms with Crippen molar-refractivity contribution in [1.29, 1.82) is 0 Å². The Bertz CT molecular complexity index is 976. The van der Waals surface area contributed by atoms with Crippen molar-refractivity contribution in [3.8, 4) is 23.0 Å². The van der Waals surface area contributed by atoms with Gasteiger partial charge in [-0.05, 0) is 54.7 Å². The third-order valence-electron chi connectivity index (χ3n) is 5.20. The van der Waals surface area contributed by atoms with Crippen LogP contribution in [-0.4, -0.2) is 45.7 Å². The minimum atomic E-state index is -2.28. The molecule has 0 radical (unpaired) electrons. The Morgan fingerprint density at radius 3 is 2.78 bits per heavy atom. The second-order valence-electron chi connectivity index (χ2n) is 6.56. The maximum Gasteiger partial charge on any atom is 0.231 e. The normalized spacial score (nSPS) is 20.2. The zero-order chi connectivity index (χ0) is 21.5. The first-order valence-electron chi connectivity index (χ1n) is 10.3. The van der Waals surface area contributed by atoms with Gasteiger partial charge in [0.2, 0.25) is 6.79 Å². The summed E-state index contributed by atoms with van der Waals surface area (Å²) in [5, 5.41) is 0. The summed E-state index contributed by atoms with van der Waals surface area (Å²) in [6.07, 6.45) is 1.63. The maximum atomic E-state index is 11.9. The number of benzene rings is 2. The van der Waals surface area contributed by atoms with Crippen molar-refractivity contribution in [2.75, 3.05) is 34.5 Å². The van der Waals surface area contributed by atoms with Gasteiger partial charge in [-0.15, -0.1) is 0 Å². The minimum Gasteiger partial charge on any atom is -0.493 e. The highest BCUT2D eigenvalue weighted by atomic mass is 16.7. The molecule has 2 heterocycles. The van der Waals surface area contributed by atoms with E-state index in [4.69, 9.17) is 23.1 Å². The number of likely N-dealkylation sites (N-methyl/N-ethyl adjacent to an activating group) is 1. The number of fused-ring (bicyclic) bond motifs is 2. The number of nitrogens with zero attached hydrogens (tertiary/aromatic N) is 1. The van der Waals surface area contributed by atoms with Crippen molar-refractivity contribution in [1.82, 2.24) is 4.90 Å². The Hall–Kier alpha value is -2.73. The van der Waals surface area contributed by atoms with Gasteiger partial charge in [-0.3, -0.25) is 9.69 Å². The fourth-order valence-electron chi connectivity index (χ4n) is 3.82. The van der Waals surface area contributed by atoms with Crippen molar-refractivity contribution < 1.29 is 27.9 Å². The summed E-state index contributed by atoms with van der Waals surface area (Å²) < 4.78 is 45.8. The molecule has 27 heavy (non-hydrogen) atoms. The number of ether oxygens (including phenoxy) is 4. The number of aldehydes is 1. The molecule has 2 aliphatic rings. The molecule has 4 rings (SSSR count). The third-order valence-corrected chi connectivity index (χ3v) is 5.20. The van der Waals surface area contributed by atoms with Gasteiger partial charge in [-0.25, -0.2) is 0 Å². The Labute approximate surface area is 162 Å². The van der Waals surface area contributed by atoms with E-state index in [1.807, 2.05) is 12.1 Å². The highest BCUT2D eigenvalue weighted by Gasteiger charge is 2.29. The second kappa shape index (κ2) is 7.12. The molecule has 6 heteroatoms. The molecule has 6 nitrogen and oxygen atoms in total. The van der Waals surface area contributed by atoms with Gasteiger partial charge in [-0.2, -0.15) is 0 Å². The van der Waals surface area contributed by atoms with Crippen LogP contribution in [0.4, 0.5) is 0 Å². The van der Waals surface area contributed by atoms with Gasteiger partial charge in [0.15, 0.2) is 29.3 Å². The molecule has 2 aliphatic heterocycles. The van der Waals surface area contributed by atoms with Gasteiger partial charge in [0.1, 0.15) is 0 Å². The fourth-order valence-corrected chi connectivity index (χ4v) is 3.82. The average molecular weight is 372 g/mol. The van der Waals surface area contributed by atoms with Gasteiger partial charge < -0.3 is 18.9 Å². The van der Waals surface area contributed by atoms with Crippen molar-refractivity contribution >= 4 is 6.29 Å². The fraction of sp³-hybridized carbons (Fsp3) is 0.381. The van der Waals surface area contributed by atoms with Crippen molar-refractivity contribution in [2.45, 2.75) is 18.9 Å². The smallest absolute Gasteiger partial charge is 0.231 e. The van der Waals surface area contributed by atoms with E-state index in [-0.39, 0.29) is 6.79 Å². The number of hydrogen-bond acceptors (Lipinski definition) is 6. The average Bonchev–Trinajstić information content (AvgIpc) is 3.18. The van der Waals surface area contributed by atoms with Crippen molar-refractivity contribution in [2.24, 2.45) is 0 Å². The van der Waals surface area contributed by atoms with Crippen LogP contribution in [0.1, 0.15) is 37.2 Å². The van der Waals surface area contributed by atoms with E-state index in [0.29, 0.717) is 53.5 Å². The summed E-state index contributed by atoms with van der Waals surface area (Å²) in [5.41, 5.74) is 2.94. The molecule has 0 aromatic heterocycles. The maximum absolute atomic E-state index is 11.9. The van der Waals surface area contributed by atoms with E-state index in [0.717, 1.165) is 17.4 Å². The highest BCUT2D eigenvalue weighted by molar-refractivity contribution is 5.83. The highest BCUT2D eigenvalue weighted by Crippen LogP contribution is 2.42. The Morgan fingerprint density at radius 2 is 2.07 bits per heavy atom. The lowest BCUT2D eigenvalue weighted by molar-refractivity contribution is 0.111. The Balaban J connectivity index is 1.81. The van der Waals surface area contributed by atoms with Crippen molar-refractivity contribution in [3.05, 3.63) is 46.5 Å². The molecular formula is C21H23NO5. The van der Waals surface area contributed by atoms with Gasteiger partial charge in [-0.1, -0.05) is 6.07 Å². The lowest BCUT2D eigenvalue weighted by Gasteiger charge is -2.35. The zero-order valence-corrected chi connectivity index (χ0v) is 15.3. The predicted octanol–water partition coefficient (Wildman–Crippen LogP) is 3.02. The number of carbonyl (C=O) groups is 1. The molecule has 0 fully saturated rings. The van der Waals surface area contributed by atoms with Crippen LogP contribution in [-0.2, 0) is 12.8 Å². The number of hydrogen-bond donors (Lipinski definition) is 0. The van der Waals surface area contributed by atoms with E-state index in [1.54, 1.807) is 12.1 Å². The quantitative estimate of drug-likeness (QED) is 0.752. The zero-order valence-electron chi connectivity index (χ0n) is 18.3. The van der Waals surface area contributed by atoms with Crippen LogP contribution in [0, 0.1) is 0 Å².